The number of sulfonamides is 1. The van der Waals surface area contributed by atoms with E-state index in [2.05, 4.69) is 15.2 Å². The van der Waals surface area contributed by atoms with E-state index in [9.17, 15) is 36.3 Å². The van der Waals surface area contributed by atoms with E-state index >= 15 is 0 Å². The summed E-state index contributed by atoms with van der Waals surface area (Å²) in [6, 6.07) is 3.85. The van der Waals surface area contributed by atoms with Crippen molar-refractivity contribution in [2.24, 2.45) is 5.41 Å². The van der Waals surface area contributed by atoms with Crippen LogP contribution in [0, 0.1) is 5.41 Å². The second-order valence-corrected chi connectivity index (χ2v) is 13.3. The Morgan fingerprint density at radius 3 is 2.54 bits per heavy atom. The van der Waals surface area contributed by atoms with Crippen LogP contribution in [0.2, 0.25) is 5.15 Å². The Labute approximate surface area is 239 Å². The zero-order valence-electron chi connectivity index (χ0n) is 22.7. The van der Waals surface area contributed by atoms with Crippen molar-refractivity contribution in [2.75, 3.05) is 16.2 Å². The highest BCUT2D eigenvalue weighted by molar-refractivity contribution is 7.93. The van der Waals surface area contributed by atoms with Gasteiger partial charge in [-0.3, -0.25) is 19.1 Å². The largest absolute Gasteiger partial charge is 0.486 e. The van der Waals surface area contributed by atoms with Crippen LogP contribution in [-0.4, -0.2) is 59.8 Å². The van der Waals surface area contributed by atoms with Crippen molar-refractivity contribution in [2.45, 2.75) is 82.7 Å². The van der Waals surface area contributed by atoms with E-state index in [0.717, 1.165) is 17.1 Å². The summed E-state index contributed by atoms with van der Waals surface area (Å²) in [5.41, 5.74) is -3.71. The Kier molecular flexibility index (Phi) is 7.93. The molecule has 1 unspecified atom stereocenters. The molecule has 0 saturated carbocycles. The number of benzene rings is 1. The van der Waals surface area contributed by atoms with Gasteiger partial charge in [0, 0.05) is 18.7 Å². The van der Waals surface area contributed by atoms with E-state index < -0.39 is 45.4 Å². The molecule has 3 heterocycles. The predicted octanol–water partition coefficient (Wildman–Crippen LogP) is 5.22. The number of fused-ring (bicyclic) bond motifs is 2. The number of hydrogen-bond donors (Lipinski definition) is 2. The number of amides is 1. The number of anilines is 2. The average Bonchev–Trinajstić information content (AvgIpc) is 3.18. The zero-order chi connectivity index (χ0) is 30.5. The number of carbonyl (C=O) groups excluding carboxylic acids is 1. The number of carboxylic acid groups (broad SMARTS) is 1. The van der Waals surface area contributed by atoms with Gasteiger partial charge in [-0.15, -0.1) is 0 Å². The Hall–Kier alpha value is -3.20. The minimum atomic E-state index is -4.83. The van der Waals surface area contributed by atoms with Crippen molar-refractivity contribution in [1.82, 2.24) is 9.78 Å². The highest BCUT2D eigenvalue weighted by Crippen LogP contribution is 2.43. The second-order valence-electron chi connectivity index (χ2n) is 11.1. The number of aromatic nitrogens is 2. The molecule has 226 valence electrons. The average molecular weight is 623 g/mol. The van der Waals surface area contributed by atoms with Crippen LogP contribution in [0.4, 0.5) is 29.3 Å². The molecule has 2 aliphatic heterocycles. The lowest BCUT2D eigenvalue weighted by Crippen LogP contribution is -2.46. The predicted molar refractivity (Wildman–Crippen MR) is 142 cm³/mol. The molecule has 1 aromatic carbocycles. The fourth-order valence-electron chi connectivity index (χ4n) is 4.61. The van der Waals surface area contributed by atoms with Gasteiger partial charge < -0.3 is 14.6 Å². The lowest BCUT2D eigenvalue weighted by molar-refractivity contribution is -0.242. The Bertz CT molecular complexity index is 1470. The van der Waals surface area contributed by atoms with Gasteiger partial charge >= 0.3 is 18.2 Å². The third-order valence-corrected chi connectivity index (χ3v) is 9.28. The Morgan fingerprint density at radius 2 is 1.90 bits per heavy atom. The molecule has 4 rings (SSSR count). The molecule has 0 spiro atoms. The number of aryl methyl sites for hydroxylation is 1. The SMILES string of the molecule is CC(C)(CC1CN(S(=O)(=O)c2c(Cl)nn3c2CCCC3)c2cc(NC(=O)OC(C)(C)C(F)(F)F)ccc2O1)C(=O)O. The van der Waals surface area contributed by atoms with Gasteiger partial charge in [0.2, 0.25) is 5.60 Å². The summed E-state index contributed by atoms with van der Waals surface area (Å²) in [6.45, 7) is 4.54. The van der Waals surface area contributed by atoms with Gasteiger partial charge in [0.1, 0.15) is 16.7 Å². The van der Waals surface area contributed by atoms with E-state index in [1.54, 1.807) is 4.68 Å². The van der Waals surface area contributed by atoms with Gasteiger partial charge in [-0.05, 0) is 65.2 Å². The molecular formula is C25H30ClF3N4O7S. The van der Waals surface area contributed by atoms with Crippen molar-refractivity contribution in [3.63, 3.8) is 0 Å². The maximum absolute atomic E-state index is 14.2. The van der Waals surface area contributed by atoms with Gasteiger partial charge in [-0.2, -0.15) is 18.3 Å². The van der Waals surface area contributed by atoms with Gasteiger partial charge in [0.05, 0.1) is 23.3 Å². The Morgan fingerprint density at radius 1 is 1.22 bits per heavy atom. The third-order valence-electron chi connectivity index (χ3n) is 7.04. The van der Waals surface area contributed by atoms with Crippen LogP contribution in [-0.2, 0) is 32.5 Å². The lowest BCUT2D eigenvalue weighted by atomic mass is 9.86. The number of hydrogen-bond acceptors (Lipinski definition) is 7. The second kappa shape index (κ2) is 10.6. The molecule has 11 nitrogen and oxygen atoms in total. The Balaban J connectivity index is 1.74. The fraction of sp³-hybridized carbons (Fsp3) is 0.560. The highest BCUT2D eigenvalue weighted by Gasteiger charge is 2.51. The van der Waals surface area contributed by atoms with Crippen molar-refractivity contribution in [1.29, 1.82) is 0 Å². The number of nitrogens with one attached hydrogen (secondary N) is 1. The number of rotatable bonds is 7. The normalized spacial score (nSPS) is 17.8. The number of nitrogens with zero attached hydrogens (tertiary/aromatic N) is 3. The summed E-state index contributed by atoms with van der Waals surface area (Å²) < 4.78 is 80.9. The molecule has 2 N–H and O–H groups in total. The van der Waals surface area contributed by atoms with E-state index in [1.165, 1.54) is 32.0 Å². The topological polar surface area (TPSA) is 140 Å². The zero-order valence-corrected chi connectivity index (χ0v) is 24.3. The first-order chi connectivity index (χ1) is 18.8. The van der Waals surface area contributed by atoms with Crippen LogP contribution in [0.15, 0.2) is 23.1 Å². The fourth-order valence-corrected chi connectivity index (χ4v) is 6.84. The number of ether oxygens (including phenoxy) is 2. The van der Waals surface area contributed by atoms with Gasteiger partial charge in [0.25, 0.3) is 10.0 Å². The molecule has 16 heteroatoms. The first-order valence-corrected chi connectivity index (χ1v) is 14.5. The number of carbonyl (C=O) groups is 2. The van der Waals surface area contributed by atoms with Crippen molar-refractivity contribution in [3.05, 3.63) is 29.0 Å². The number of carboxylic acids is 1. The number of halogens is 4. The summed E-state index contributed by atoms with van der Waals surface area (Å²) in [5, 5.41) is 15.8. The van der Waals surface area contributed by atoms with E-state index in [0.29, 0.717) is 32.5 Å². The van der Waals surface area contributed by atoms with Crippen molar-refractivity contribution < 1.29 is 45.8 Å². The summed E-state index contributed by atoms with van der Waals surface area (Å²) in [7, 11) is -4.41. The summed E-state index contributed by atoms with van der Waals surface area (Å²) >= 11 is 6.34. The molecule has 0 radical (unpaired) electrons. The van der Waals surface area contributed by atoms with Crippen LogP contribution in [0.1, 0.15) is 52.7 Å². The van der Waals surface area contributed by atoms with Gasteiger partial charge in [-0.1, -0.05) is 11.6 Å². The smallest absolute Gasteiger partial charge is 0.427 e. The molecule has 1 atom stereocenters. The molecule has 0 aliphatic carbocycles. The monoisotopic (exact) mass is 622 g/mol. The first kappa shape index (κ1) is 30.8. The summed E-state index contributed by atoms with van der Waals surface area (Å²) in [4.78, 5) is 23.9. The van der Waals surface area contributed by atoms with Crippen molar-refractivity contribution >= 4 is 45.1 Å². The molecule has 0 saturated heterocycles. The van der Waals surface area contributed by atoms with Crippen molar-refractivity contribution in [3.8, 4) is 5.75 Å². The molecule has 2 aliphatic rings. The summed E-state index contributed by atoms with van der Waals surface area (Å²) in [5.74, 6) is -1.05. The van der Waals surface area contributed by atoms with Crippen LogP contribution in [0.5, 0.6) is 5.75 Å². The van der Waals surface area contributed by atoms with Crippen LogP contribution in [0.25, 0.3) is 0 Å². The van der Waals surface area contributed by atoms with E-state index in [1.807, 2.05) is 0 Å². The molecule has 0 bridgehead atoms. The molecule has 41 heavy (non-hydrogen) atoms. The number of aliphatic carboxylic acids is 1. The highest BCUT2D eigenvalue weighted by atomic mass is 35.5. The molecule has 1 amide bonds. The minimum Gasteiger partial charge on any atom is -0.486 e. The summed E-state index contributed by atoms with van der Waals surface area (Å²) in [6.07, 6.45) is -5.23. The van der Waals surface area contributed by atoms with Crippen LogP contribution < -0.4 is 14.4 Å². The number of alkyl halides is 3. The van der Waals surface area contributed by atoms with Crippen LogP contribution >= 0.6 is 11.6 Å². The van der Waals surface area contributed by atoms with E-state index in [4.69, 9.17) is 16.3 Å². The maximum Gasteiger partial charge on any atom is 0.427 e. The van der Waals surface area contributed by atoms with Crippen LogP contribution in [0.3, 0.4) is 0 Å². The standard InChI is InChI=1S/C25H30ClF3N4O7S/c1-23(2,21(34)35)12-15-13-33(41(37,38)19-16-7-5-6-10-32(16)31-20(19)26)17-11-14(8-9-18(17)39-15)30-22(36)40-24(3,4)25(27,28)29/h8-9,11,15H,5-7,10,12-13H2,1-4H3,(H,30,36)(H,34,35). The maximum atomic E-state index is 14.2. The molecule has 0 fully saturated rings. The quantitative estimate of drug-likeness (QED) is 0.428. The van der Waals surface area contributed by atoms with Gasteiger partial charge in [0.15, 0.2) is 5.15 Å². The lowest BCUT2D eigenvalue weighted by Gasteiger charge is -2.38. The van der Waals surface area contributed by atoms with E-state index in [-0.39, 0.29) is 40.1 Å². The molecule has 1 aromatic heterocycles. The molecule has 2 aromatic rings. The first-order valence-electron chi connectivity index (χ1n) is 12.7. The molecular weight excluding hydrogens is 593 g/mol. The minimum absolute atomic E-state index is 0.0333. The third kappa shape index (κ3) is 6.05. The van der Waals surface area contributed by atoms with Gasteiger partial charge in [-0.25, -0.2) is 13.2 Å².